The first kappa shape index (κ1) is 25.8. The van der Waals surface area contributed by atoms with Gasteiger partial charge in [-0.15, -0.1) is 4.37 Å². The molecule has 2 heterocycles. The van der Waals surface area contributed by atoms with Gasteiger partial charge in [0.15, 0.2) is 0 Å². The van der Waals surface area contributed by atoms with Gasteiger partial charge in [-0.3, -0.25) is 9.28 Å². The number of esters is 1. The molecular formula is C24H42N3O3S+. The van der Waals surface area contributed by atoms with Crippen LogP contribution in [0.3, 0.4) is 0 Å². The van der Waals surface area contributed by atoms with Gasteiger partial charge in [-0.2, -0.15) is 4.37 Å². The lowest BCUT2D eigenvalue weighted by molar-refractivity contribution is -0.954. The van der Waals surface area contributed by atoms with Gasteiger partial charge in [0.1, 0.15) is 12.2 Å². The van der Waals surface area contributed by atoms with Crippen LogP contribution in [0.15, 0.2) is 6.08 Å². The Balaban J connectivity index is 2.12. The Morgan fingerprint density at radius 3 is 2.58 bits per heavy atom. The van der Waals surface area contributed by atoms with Crippen LogP contribution >= 0.6 is 11.7 Å². The van der Waals surface area contributed by atoms with Crippen molar-refractivity contribution >= 4 is 23.3 Å². The number of hydrogen-bond acceptors (Lipinski definition) is 6. The van der Waals surface area contributed by atoms with Gasteiger partial charge >= 0.3 is 5.97 Å². The Hall–Kier alpha value is -1.47. The van der Waals surface area contributed by atoms with Crippen LogP contribution in [0.2, 0.25) is 0 Å². The van der Waals surface area contributed by atoms with Crippen molar-refractivity contribution in [1.29, 1.82) is 0 Å². The fraction of sp³-hybridized carbons (Fsp3) is 0.792. The average molecular weight is 453 g/mol. The fourth-order valence-electron chi connectivity index (χ4n) is 4.35. The van der Waals surface area contributed by atoms with Crippen molar-refractivity contribution in [2.75, 3.05) is 26.7 Å². The molecule has 6 nitrogen and oxygen atoms in total. The van der Waals surface area contributed by atoms with E-state index in [0.29, 0.717) is 23.4 Å². The average Bonchev–Trinajstić information content (AvgIpc) is 3.18. The van der Waals surface area contributed by atoms with Gasteiger partial charge in [-0.25, -0.2) is 0 Å². The maximum atomic E-state index is 12.5. The van der Waals surface area contributed by atoms with E-state index in [2.05, 4.69) is 56.5 Å². The number of likely N-dealkylation sites (N-methyl/N-ethyl adjacent to an activating group) is 1. The predicted molar refractivity (Wildman–Crippen MR) is 127 cm³/mol. The molecule has 0 spiro atoms. The standard InChI is InChI=1S/C24H42N3O3S/c1-7-9-11-12-17-29-22-21(25-31-26-22)19-14-13-16-27(6,18-19)23(24(3,4)5)30-20(28)15-10-8-2/h14,23H,7-13,15-18H2,1-6H3/q+1. The Labute approximate surface area is 192 Å². The monoisotopic (exact) mass is 452 g/mol. The Morgan fingerprint density at radius 1 is 1.16 bits per heavy atom. The van der Waals surface area contributed by atoms with E-state index in [1.54, 1.807) is 0 Å². The minimum atomic E-state index is -0.217. The van der Waals surface area contributed by atoms with E-state index in [9.17, 15) is 4.79 Å². The van der Waals surface area contributed by atoms with Crippen LogP contribution in [-0.2, 0) is 9.53 Å². The lowest BCUT2D eigenvalue weighted by Crippen LogP contribution is -2.61. The molecule has 0 saturated heterocycles. The zero-order valence-electron chi connectivity index (χ0n) is 20.4. The molecular weight excluding hydrogens is 410 g/mol. The van der Waals surface area contributed by atoms with Gasteiger partial charge < -0.3 is 9.47 Å². The summed E-state index contributed by atoms with van der Waals surface area (Å²) in [6, 6.07) is 0. The summed E-state index contributed by atoms with van der Waals surface area (Å²) in [4.78, 5) is 12.5. The maximum absolute atomic E-state index is 12.5. The minimum absolute atomic E-state index is 0.0938. The first-order valence-corrected chi connectivity index (χ1v) is 12.6. The number of hydrogen-bond donors (Lipinski definition) is 0. The first-order valence-electron chi connectivity index (χ1n) is 11.9. The summed E-state index contributed by atoms with van der Waals surface area (Å²) >= 11 is 1.20. The summed E-state index contributed by atoms with van der Waals surface area (Å²) in [5.74, 6) is 0.553. The van der Waals surface area contributed by atoms with Gasteiger partial charge in [-0.1, -0.05) is 66.4 Å². The van der Waals surface area contributed by atoms with Crippen LogP contribution < -0.4 is 4.74 Å². The van der Waals surface area contributed by atoms with Crippen LogP contribution in [0, 0.1) is 5.41 Å². The zero-order chi connectivity index (χ0) is 22.9. The number of carbonyl (C=O) groups is 1. The molecule has 0 bridgehead atoms. The lowest BCUT2D eigenvalue weighted by Gasteiger charge is -2.47. The molecule has 1 aliphatic rings. The highest BCUT2D eigenvalue weighted by Crippen LogP contribution is 2.37. The van der Waals surface area contributed by atoms with Crippen molar-refractivity contribution in [2.45, 2.75) is 92.2 Å². The second-order valence-electron chi connectivity index (χ2n) is 10.0. The highest BCUT2D eigenvalue weighted by Gasteiger charge is 2.46. The number of ether oxygens (including phenoxy) is 2. The van der Waals surface area contributed by atoms with Gasteiger partial charge in [0.25, 0.3) is 5.88 Å². The van der Waals surface area contributed by atoms with E-state index in [0.717, 1.165) is 50.0 Å². The molecule has 2 atom stereocenters. The summed E-state index contributed by atoms with van der Waals surface area (Å²) in [7, 11) is 2.20. The normalized spacial score (nSPS) is 20.3. The summed E-state index contributed by atoms with van der Waals surface area (Å²) in [6.45, 7) is 13.1. The SMILES string of the molecule is CCCCCCOc1nsnc1C1=CCC[N+](C)(C(OC(=O)CCCC)C(C)(C)C)C1. The van der Waals surface area contributed by atoms with Gasteiger partial charge in [-0.05, 0) is 12.8 Å². The van der Waals surface area contributed by atoms with Gasteiger partial charge in [0, 0.05) is 18.4 Å². The lowest BCUT2D eigenvalue weighted by atomic mass is 9.89. The van der Waals surface area contributed by atoms with Crippen molar-refractivity contribution in [3.63, 3.8) is 0 Å². The zero-order valence-corrected chi connectivity index (χ0v) is 21.2. The van der Waals surface area contributed by atoms with Crippen LogP contribution in [-0.4, -0.2) is 52.2 Å². The molecule has 31 heavy (non-hydrogen) atoms. The Morgan fingerprint density at radius 2 is 1.90 bits per heavy atom. The van der Waals surface area contributed by atoms with E-state index < -0.39 is 0 Å². The maximum Gasteiger partial charge on any atom is 0.310 e. The van der Waals surface area contributed by atoms with E-state index in [1.807, 2.05) is 0 Å². The van der Waals surface area contributed by atoms with Crippen molar-refractivity contribution in [3.8, 4) is 5.88 Å². The number of rotatable bonds is 12. The molecule has 2 unspecified atom stereocenters. The molecule has 7 heteroatoms. The predicted octanol–water partition coefficient (Wildman–Crippen LogP) is 5.84. The molecule has 1 aromatic rings. The number of quaternary nitrogens is 1. The van der Waals surface area contributed by atoms with E-state index in [1.165, 1.54) is 31.0 Å². The summed E-state index contributed by atoms with van der Waals surface area (Å²) in [5.41, 5.74) is 1.83. The number of carbonyl (C=O) groups excluding carboxylic acids is 1. The molecule has 0 radical (unpaired) electrons. The molecule has 0 aromatic carbocycles. The number of unbranched alkanes of at least 4 members (excludes halogenated alkanes) is 4. The van der Waals surface area contributed by atoms with E-state index >= 15 is 0 Å². The van der Waals surface area contributed by atoms with Crippen molar-refractivity contribution < 1.29 is 18.8 Å². The molecule has 1 aliphatic heterocycles. The van der Waals surface area contributed by atoms with Crippen LogP contribution in [0.25, 0.3) is 5.57 Å². The molecule has 0 aliphatic carbocycles. The molecule has 176 valence electrons. The smallest absolute Gasteiger partial charge is 0.310 e. The van der Waals surface area contributed by atoms with Gasteiger partial charge in [0.05, 0.1) is 37.3 Å². The topological polar surface area (TPSA) is 61.3 Å². The Bertz CT molecular complexity index is 726. The second-order valence-corrected chi connectivity index (χ2v) is 10.5. The van der Waals surface area contributed by atoms with E-state index in [-0.39, 0.29) is 17.6 Å². The molecule has 2 rings (SSSR count). The molecule has 0 amide bonds. The highest BCUT2D eigenvalue weighted by molar-refractivity contribution is 6.99. The van der Waals surface area contributed by atoms with Crippen LogP contribution in [0.1, 0.15) is 91.7 Å². The third-order valence-corrected chi connectivity index (χ3v) is 6.36. The van der Waals surface area contributed by atoms with Crippen molar-refractivity contribution in [3.05, 3.63) is 11.8 Å². The van der Waals surface area contributed by atoms with Crippen LogP contribution in [0.5, 0.6) is 5.88 Å². The quantitative estimate of drug-likeness (QED) is 0.227. The molecule has 1 aromatic heterocycles. The molecule has 0 saturated carbocycles. The second kappa shape index (κ2) is 12.0. The van der Waals surface area contributed by atoms with Crippen LogP contribution in [0.4, 0.5) is 0 Å². The summed E-state index contributed by atoms with van der Waals surface area (Å²) < 4.78 is 21.7. The van der Waals surface area contributed by atoms with E-state index in [4.69, 9.17) is 9.47 Å². The molecule has 0 fully saturated rings. The van der Waals surface area contributed by atoms with Gasteiger partial charge in [0.2, 0.25) is 6.23 Å². The number of aromatic nitrogens is 2. The largest absolute Gasteiger partial charge is 0.475 e. The van der Waals surface area contributed by atoms with Crippen molar-refractivity contribution in [2.24, 2.45) is 5.41 Å². The van der Waals surface area contributed by atoms with Crippen molar-refractivity contribution in [1.82, 2.24) is 8.75 Å². The third-order valence-electron chi connectivity index (χ3n) is 5.85. The first-order chi connectivity index (χ1) is 14.7. The third kappa shape index (κ3) is 7.56. The fourth-order valence-corrected chi connectivity index (χ4v) is 4.88. The summed E-state index contributed by atoms with van der Waals surface area (Å²) in [5, 5.41) is 0. The minimum Gasteiger partial charge on any atom is -0.475 e. The Kier molecular flexibility index (Phi) is 9.94. The molecule has 0 N–H and O–H groups in total. The highest BCUT2D eigenvalue weighted by atomic mass is 32.1. The summed E-state index contributed by atoms with van der Waals surface area (Å²) in [6.07, 6.45) is 9.96. The number of nitrogens with zero attached hydrogens (tertiary/aromatic N) is 3.